The Kier molecular flexibility index (Phi) is 3.92. The van der Waals surface area contributed by atoms with Crippen LogP contribution in [-0.4, -0.2) is 37.5 Å². The zero-order valence-electron chi connectivity index (χ0n) is 11.5. The molecule has 21 heavy (non-hydrogen) atoms. The van der Waals surface area contributed by atoms with Crippen molar-refractivity contribution in [3.05, 3.63) is 46.2 Å². The molecule has 0 aromatic carbocycles. The second-order valence-corrected chi connectivity index (χ2v) is 5.86. The Morgan fingerprint density at radius 2 is 2.14 bits per heavy atom. The van der Waals surface area contributed by atoms with Crippen LogP contribution in [0.4, 0.5) is 0 Å². The maximum absolute atomic E-state index is 12.7. The Bertz CT molecular complexity index is 661. The van der Waals surface area contributed by atoms with Gasteiger partial charge >= 0.3 is 0 Å². The van der Waals surface area contributed by atoms with Crippen LogP contribution >= 0.6 is 15.9 Å². The van der Waals surface area contributed by atoms with Crippen molar-refractivity contribution in [2.45, 2.75) is 25.8 Å². The third kappa shape index (κ3) is 2.78. The number of amides is 1. The molecule has 3 heterocycles. The Morgan fingerprint density at radius 1 is 1.38 bits per heavy atom. The zero-order chi connectivity index (χ0) is 14.8. The molecule has 2 aromatic rings. The third-order valence-corrected chi connectivity index (χ3v) is 4.00. The van der Waals surface area contributed by atoms with Crippen molar-refractivity contribution in [2.24, 2.45) is 0 Å². The number of hydrogen-bond acceptors (Lipinski definition) is 5. The lowest BCUT2D eigenvalue weighted by Gasteiger charge is -2.24. The van der Waals surface area contributed by atoms with E-state index in [0.29, 0.717) is 23.6 Å². The van der Waals surface area contributed by atoms with Crippen molar-refractivity contribution in [1.29, 1.82) is 0 Å². The van der Waals surface area contributed by atoms with E-state index in [1.54, 1.807) is 31.6 Å². The van der Waals surface area contributed by atoms with Gasteiger partial charge in [0.1, 0.15) is 0 Å². The van der Waals surface area contributed by atoms with E-state index in [0.717, 1.165) is 17.3 Å². The van der Waals surface area contributed by atoms with E-state index in [-0.39, 0.29) is 11.9 Å². The summed E-state index contributed by atoms with van der Waals surface area (Å²) >= 11 is 3.32. The molecule has 3 rings (SSSR count). The van der Waals surface area contributed by atoms with Gasteiger partial charge in [0, 0.05) is 18.9 Å². The molecule has 1 aliphatic rings. The van der Waals surface area contributed by atoms with Gasteiger partial charge in [-0.1, -0.05) is 0 Å². The van der Waals surface area contributed by atoms with Crippen molar-refractivity contribution in [2.75, 3.05) is 6.54 Å². The molecule has 1 unspecified atom stereocenters. The van der Waals surface area contributed by atoms with Gasteiger partial charge in [-0.15, -0.1) is 0 Å². The van der Waals surface area contributed by atoms with Crippen LogP contribution in [0, 0.1) is 6.92 Å². The van der Waals surface area contributed by atoms with Gasteiger partial charge in [-0.05, 0) is 41.8 Å². The summed E-state index contributed by atoms with van der Waals surface area (Å²) in [4.78, 5) is 23.2. The van der Waals surface area contributed by atoms with Crippen molar-refractivity contribution < 1.29 is 4.79 Å². The fourth-order valence-corrected chi connectivity index (χ4v) is 2.76. The van der Waals surface area contributed by atoms with Gasteiger partial charge in [-0.3, -0.25) is 4.79 Å². The lowest BCUT2D eigenvalue weighted by atomic mass is 10.1. The highest BCUT2D eigenvalue weighted by atomic mass is 79.9. The molecule has 0 radical (unpaired) electrons. The van der Waals surface area contributed by atoms with E-state index in [1.165, 1.54) is 0 Å². The van der Waals surface area contributed by atoms with Crippen LogP contribution in [-0.2, 0) is 0 Å². The Labute approximate surface area is 130 Å². The van der Waals surface area contributed by atoms with E-state index in [2.05, 4.69) is 36.1 Å². The highest BCUT2D eigenvalue weighted by Crippen LogP contribution is 2.31. The van der Waals surface area contributed by atoms with Gasteiger partial charge in [-0.2, -0.15) is 10.2 Å². The summed E-state index contributed by atoms with van der Waals surface area (Å²) in [6, 6.07) is 1.64. The molecule has 1 aliphatic heterocycles. The third-order valence-electron chi connectivity index (χ3n) is 3.59. The molecule has 7 heteroatoms. The minimum Gasteiger partial charge on any atom is -0.328 e. The van der Waals surface area contributed by atoms with Gasteiger partial charge in [0.15, 0.2) is 5.82 Å². The summed E-state index contributed by atoms with van der Waals surface area (Å²) in [5.74, 6) is 0.653. The van der Waals surface area contributed by atoms with Crippen molar-refractivity contribution >= 4 is 21.8 Å². The van der Waals surface area contributed by atoms with E-state index in [4.69, 9.17) is 0 Å². The van der Waals surface area contributed by atoms with E-state index < -0.39 is 0 Å². The Hall–Kier alpha value is -1.89. The molecule has 108 valence electrons. The smallest absolute Gasteiger partial charge is 0.256 e. The van der Waals surface area contributed by atoms with Gasteiger partial charge in [0.25, 0.3) is 5.91 Å². The molecule has 0 bridgehead atoms. The maximum Gasteiger partial charge on any atom is 0.256 e. The van der Waals surface area contributed by atoms with Crippen LogP contribution in [0.5, 0.6) is 0 Å². The van der Waals surface area contributed by atoms with Crippen LogP contribution in [0.25, 0.3) is 0 Å². The number of likely N-dealkylation sites (tertiary alicyclic amines) is 1. The summed E-state index contributed by atoms with van der Waals surface area (Å²) < 4.78 is 0.830. The summed E-state index contributed by atoms with van der Waals surface area (Å²) in [6.07, 6.45) is 6.80. The first-order chi connectivity index (χ1) is 10.2. The number of rotatable bonds is 2. The van der Waals surface area contributed by atoms with E-state index in [9.17, 15) is 4.79 Å². The Balaban J connectivity index is 1.89. The fourth-order valence-electron chi connectivity index (χ4n) is 2.56. The predicted molar refractivity (Wildman–Crippen MR) is 79.5 cm³/mol. The summed E-state index contributed by atoms with van der Waals surface area (Å²) in [5.41, 5.74) is 1.24. The monoisotopic (exact) mass is 347 g/mol. The number of hydrogen-bond donors (Lipinski definition) is 0. The Morgan fingerprint density at radius 3 is 2.86 bits per heavy atom. The maximum atomic E-state index is 12.7. The molecule has 0 saturated carbocycles. The molecule has 2 aromatic heterocycles. The van der Waals surface area contributed by atoms with Gasteiger partial charge in [-0.25, -0.2) is 9.97 Å². The number of nitrogens with zero attached hydrogens (tertiary/aromatic N) is 5. The van der Waals surface area contributed by atoms with Crippen LogP contribution in [0.1, 0.15) is 40.8 Å². The minimum atomic E-state index is -0.0711. The molecule has 1 amide bonds. The van der Waals surface area contributed by atoms with Gasteiger partial charge < -0.3 is 4.90 Å². The highest BCUT2D eigenvalue weighted by Gasteiger charge is 2.33. The zero-order valence-corrected chi connectivity index (χ0v) is 13.1. The number of halogens is 1. The summed E-state index contributed by atoms with van der Waals surface area (Å²) in [5, 5.41) is 7.74. The first-order valence-corrected chi connectivity index (χ1v) is 7.53. The van der Waals surface area contributed by atoms with Gasteiger partial charge in [0.2, 0.25) is 0 Å². The molecule has 1 saturated heterocycles. The average molecular weight is 348 g/mol. The number of aromatic nitrogens is 4. The fraction of sp³-hybridized carbons (Fsp3) is 0.357. The quantitative estimate of drug-likeness (QED) is 0.833. The largest absolute Gasteiger partial charge is 0.328 e. The lowest BCUT2D eigenvalue weighted by Crippen LogP contribution is -2.32. The molecule has 0 aliphatic carbocycles. The van der Waals surface area contributed by atoms with Crippen LogP contribution in [0.15, 0.2) is 29.1 Å². The van der Waals surface area contributed by atoms with Crippen LogP contribution in [0.2, 0.25) is 0 Å². The molecular formula is C14H14BrN5O. The average Bonchev–Trinajstić information content (AvgIpc) is 2.97. The molecular weight excluding hydrogens is 334 g/mol. The molecule has 1 fully saturated rings. The second-order valence-electron chi connectivity index (χ2n) is 4.95. The summed E-state index contributed by atoms with van der Waals surface area (Å²) in [7, 11) is 0. The number of carbonyl (C=O) groups excluding carboxylic acids is 1. The van der Waals surface area contributed by atoms with Gasteiger partial charge in [0.05, 0.1) is 28.0 Å². The van der Waals surface area contributed by atoms with Crippen molar-refractivity contribution in [3.63, 3.8) is 0 Å². The number of carbonyl (C=O) groups is 1. The number of aryl methyl sites for hydroxylation is 1. The first kappa shape index (κ1) is 14.1. The second kappa shape index (κ2) is 5.85. The lowest BCUT2D eigenvalue weighted by molar-refractivity contribution is 0.0728. The SMILES string of the molecule is Cc1nnccc1C(=O)N1CCCC1c1ncc(Br)cn1. The van der Waals surface area contributed by atoms with Crippen LogP contribution < -0.4 is 0 Å². The topological polar surface area (TPSA) is 71.9 Å². The van der Waals surface area contributed by atoms with Crippen molar-refractivity contribution in [3.8, 4) is 0 Å². The highest BCUT2D eigenvalue weighted by molar-refractivity contribution is 9.10. The molecule has 0 spiro atoms. The van der Waals surface area contributed by atoms with E-state index >= 15 is 0 Å². The normalized spacial score (nSPS) is 18.0. The molecule has 0 N–H and O–H groups in total. The van der Waals surface area contributed by atoms with E-state index in [1.807, 2.05) is 4.90 Å². The minimum absolute atomic E-state index is 0.0311. The summed E-state index contributed by atoms with van der Waals surface area (Å²) in [6.45, 7) is 2.51. The molecule has 1 atom stereocenters. The predicted octanol–water partition coefficient (Wildman–Crippen LogP) is 2.31. The first-order valence-electron chi connectivity index (χ1n) is 6.73. The molecule has 6 nitrogen and oxygen atoms in total. The van der Waals surface area contributed by atoms with Crippen molar-refractivity contribution in [1.82, 2.24) is 25.1 Å². The van der Waals surface area contributed by atoms with Crippen LogP contribution in [0.3, 0.4) is 0 Å². The standard InChI is InChI=1S/C14H14BrN5O/c1-9-11(4-5-18-19-9)14(21)20-6-2-3-12(20)13-16-7-10(15)8-17-13/h4-5,7-8,12H,2-3,6H2,1H3.